The first kappa shape index (κ1) is 26.7. The predicted molar refractivity (Wildman–Crippen MR) is 135 cm³/mol. The number of hydrogen-bond donors (Lipinski definition) is 1. The van der Waals surface area contributed by atoms with Crippen molar-refractivity contribution in [1.82, 2.24) is 4.90 Å². The van der Waals surface area contributed by atoms with Gasteiger partial charge in [0, 0.05) is 36.0 Å². The van der Waals surface area contributed by atoms with Crippen molar-refractivity contribution in [3.8, 4) is 0 Å². The molecule has 3 fully saturated rings. The lowest BCUT2D eigenvalue weighted by Gasteiger charge is -2.57. The summed E-state index contributed by atoms with van der Waals surface area (Å²) in [6, 6.07) is 0. The van der Waals surface area contributed by atoms with Crippen LogP contribution in [-0.4, -0.2) is 65.1 Å². The normalized spacial score (nSPS) is 40.8. The lowest BCUT2D eigenvalue weighted by atomic mass is 9.49. The number of thioether (sulfide) groups is 1. The van der Waals surface area contributed by atoms with E-state index < -0.39 is 11.5 Å². The SMILES string of the molecule is C=CC1(C)CC(OC(=O)CSCCN(CC)CC)C2C(C)CCC3(CCC(=O)C23)C(C)C1O. The van der Waals surface area contributed by atoms with E-state index in [-0.39, 0.29) is 35.2 Å². The van der Waals surface area contributed by atoms with E-state index in [1.807, 2.05) is 13.0 Å². The van der Waals surface area contributed by atoms with Gasteiger partial charge in [-0.15, -0.1) is 18.3 Å². The fraction of sp³-hybridized carbons (Fsp3) is 0.852. The standard InChI is InChI=1S/C27H45NO4S/c1-7-26(6)16-21(32-22(30)17-33-15-14-28(8-2)9-3)23-18(4)10-12-27(19(5)25(26)31)13-11-20(29)24(23)27/h7,18-19,21,23-25,31H,1,8-17H2,2-6H3. The molecule has 5 nitrogen and oxygen atoms in total. The summed E-state index contributed by atoms with van der Waals surface area (Å²) in [5, 5.41) is 11.5. The zero-order valence-corrected chi connectivity index (χ0v) is 22.2. The third-order valence-corrected chi connectivity index (χ3v) is 10.4. The second kappa shape index (κ2) is 10.8. The highest BCUT2D eigenvalue weighted by Crippen LogP contribution is 2.63. The molecule has 3 aliphatic carbocycles. The van der Waals surface area contributed by atoms with Crippen molar-refractivity contribution in [2.75, 3.05) is 31.1 Å². The minimum atomic E-state index is -0.609. The highest BCUT2D eigenvalue weighted by atomic mass is 32.2. The van der Waals surface area contributed by atoms with Gasteiger partial charge in [0.2, 0.25) is 0 Å². The summed E-state index contributed by atoms with van der Waals surface area (Å²) >= 11 is 1.62. The van der Waals surface area contributed by atoms with E-state index in [2.05, 4.69) is 39.2 Å². The number of nitrogens with zero attached hydrogens (tertiary/aromatic N) is 1. The maximum Gasteiger partial charge on any atom is 0.316 e. The van der Waals surface area contributed by atoms with Gasteiger partial charge >= 0.3 is 5.97 Å². The van der Waals surface area contributed by atoms with Crippen molar-refractivity contribution < 1.29 is 19.4 Å². The zero-order chi connectivity index (χ0) is 24.4. The Bertz CT molecular complexity index is 725. The van der Waals surface area contributed by atoms with Gasteiger partial charge in [-0.25, -0.2) is 0 Å². The van der Waals surface area contributed by atoms with Crippen LogP contribution in [0, 0.1) is 34.5 Å². The Balaban J connectivity index is 1.81. The molecule has 0 heterocycles. The molecular formula is C27H45NO4S. The van der Waals surface area contributed by atoms with Crippen LogP contribution in [-0.2, 0) is 14.3 Å². The lowest BCUT2D eigenvalue weighted by Crippen LogP contribution is -2.58. The van der Waals surface area contributed by atoms with Crippen LogP contribution in [0.15, 0.2) is 12.7 Å². The number of hydrogen-bond acceptors (Lipinski definition) is 6. The van der Waals surface area contributed by atoms with E-state index in [1.54, 1.807) is 11.8 Å². The Morgan fingerprint density at radius 3 is 2.64 bits per heavy atom. The molecule has 0 aromatic heterocycles. The lowest BCUT2D eigenvalue weighted by molar-refractivity contribution is -0.179. The van der Waals surface area contributed by atoms with Crippen molar-refractivity contribution in [2.45, 2.75) is 78.9 Å². The van der Waals surface area contributed by atoms with Gasteiger partial charge in [-0.1, -0.05) is 40.7 Å². The van der Waals surface area contributed by atoms with E-state index in [9.17, 15) is 14.7 Å². The summed E-state index contributed by atoms with van der Waals surface area (Å²) in [5.74, 6) is 1.56. The van der Waals surface area contributed by atoms with Crippen LogP contribution in [0.3, 0.4) is 0 Å². The maximum absolute atomic E-state index is 13.2. The maximum atomic E-state index is 13.2. The van der Waals surface area contributed by atoms with Crippen LogP contribution in [0.25, 0.3) is 0 Å². The molecule has 188 valence electrons. The van der Waals surface area contributed by atoms with E-state index in [0.29, 0.717) is 30.3 Å². The summed E-state index contributed by atoms with van der Waals surface area (Å²) in [7, 11) is 0. The van der Waals surface area contributed by atoms with Gasteiger partial charge in [-0.2, -0.15) is 0 Å². The van der Waals surface area contributed by atoms with Gasteiger partial charge in [0.15, 0.2) is 0 Å². The molecule has 0 aliphatic heterocycles. The Hall–Kier alpha value is -0.850. The Morgan fingerprint density at radius 2 is 2.00 bits per heavy atom. The zero-order valence-electron chi connectivity index (χ0n) is 21.3. The molecule has 0 aromatic carbocycles. The number of carbonyl (C=O) groups excluding carboxylic acids is 2. The van der Waals surface area contributed by atoms with E-state index >= 15 is 0 Å². The first-order chi connectivity index (χ1) is 15.6. The van der Waals surface area contributed by atoms with Crippen molar-refractivity contribution in [3.63, 3.8) is 0 Å². The first-order valence-corrected chi connectivity index (χ1v) is 14.1. The molecule has 0 saturated heterocycles. The van der Waals surface area contributed by atoms with Crippen molar-refractivity contribution in [2.24, 2.45) is 34.5 Å². The van der Waals surface area contributed by atoms with Crippen molar-refractivity contribution in [1.29, 1.82) is 0 Å². The molecule has 1 N–H and O–H groups in total. The van der Waals surface area contributed by atoms with Crippen LogP contribution >= 0.6 is 11.8 Å². The smallest absolute Gasteiger partial charge is 0.316 e. The molecular weight excluding hydrogens is 434 g/mol. The molecule has 8 atom stereocenters. The van der Waals surface area contributed by atoms with Gasteiger partial charge in [0.25, 0.3) is 0 Å². The Kier molecular flexibility index (Phi) is 8.77. The van der Waals surface area contributed by atoms with Gasteiger partial charge in [0.05, 0.1) is 11.9 Å². The van der Waals surface area contributed by atoms with Crippen LogP contribution < -0.4 is 0 Å². The average Bonchev–Trinajstić information content (AvgIpc) is 3.14. The van der Waals surface area contributed by atoms with Gasteiger partial charge < -0.3 is 14.7 Å². The second-order valence-corrected chi connectivity index (χ2v) is 12.1. The molecule has 0 aromatic rings. The molecule has 3 rings (SSSR count). The fourth-order valence-electron chi connectivity index (χ4n) is 7.20. The Morgan fingerprint density at radius 1 is 1.30 bits per heavy atom. The molecule has 2 bridgehead atoms. The number of aliphatic hydroxyl groups is 1. The van der Waals surface area contributed by atoms with E-state index in [4.69, 9.17) is 4.74 Å². The second-order valence-electron chi connectivity index (χ2n) is 11.0. The number of ether oxygens (including phenoxy) is 1. The van der Waals surface area contributed by atoms with Crippen LogP contribution in [0.1, 0.15) is 66.7 Å². The molecule has 6 heteroatoms. The number of carbonyl (C=O) groups is 2. The third-order valence-electron chi connectivity index (χ3n) is 9.45. The number of ketones is 1. The Labute approximate surface area is 205 Å². The summed E-state index contributed by atoms with van der Waals surface area (Å²) < 4.78 is 6.19. The van der Waals surface area contributed by atoms with Crippen LogP contribution in [0.2, 0.25) is 0 Å². The van der Waals surface area contributed by atoms with E-state index in [0.717, 1.165) is 44.6 Å². The summed E-state index contributed by atoms with van der Waals surface area (Å²) in [6.07, 6.45) is 4.80. The minimum absolute atomic E-state index is 0.0132. The average molecular weight is 480 g/mol. The highest BCUT2D eigenvalue weighted by molar-refractivity contribution is 7.99. The largest absolute Gasteiger partial charge is 0.461 e. The van der Waals surface area contributed by atoms with Crippen LogP contribution in [0.5, 0.6) is 0 Å². The quantitative estimate of drug-likeness (QED) is 0.297. The predicted octanol–water partition coefficient (Wildman–Crippen LogP) is 4.58. The topological polar surface area (TPSA) is 66.8 Å². The molecule has 33 heavy (non-hydrogen) atoms. The molecule has 3 aliphatic rings. The monoisotopic (exact) mass is 479 g/mol. The third kappa shape index (κ3) is 5.08. The molecule has 0 spiro atoms. The van der Waals surface area contributed by atoms with E-state index in [1.165, 1.54) is 0 Å². The number of rotatable bonds is 9. The summed E-state index contributed by atoms with van der Waals surface area (Å²) in [6.45, 7) is 17.7. The number of Topliss-reactive ketones (excluding diaryl/α,β-unsaturated/α-hetero) is 1. The van der Waals surface area contributed by atoms with Crippen molar-refractivity contribution >= 4 is 23.5 Å². The van der Waals surface area contributed by atoms with Gasteiger partial charge in [0.1, 0.15) is 11.9 Å². The molecule has 3 saturated carbocycles. The summed E-state index contributed by atoms with van der Waals surface area (Å²) in [4.78, 5) is 28.5. The molecule has 0 radical (unpaired) electrons. The van der Waals surface area contributed by atoms with Crippen molar-refractivity contribution in [3.05, 3.63) is 12.7 Å². The van der Waals surface area contributed by atoms with Gasteiger partial charge in [-0.05, 0) is 56.0 Å². The highest BCUT2D eigenvalue weighted by Gasteiger charge is 2.63. The summed E-state index contributed by atoms with van der Waals surface area (Å²) in [5.41, 5.74) is -0.749. The molecule has 8 unspecified atom stereocenters. The minimum Gasteiger partial charge on any atom is -0.461 e. The number of esters is 1. The fourth-order valence-corrected chi connectivity index (χ4v) is 7.96. The number of aliphatic hydroxyl groups excluding tert-OH is 1. The first-order valence-electron chi connectivity index (χ1n) is 13.0. The van der Waals surface area contributed by atoms with Gasteiger partial charge in [-0.3, -0.25) is 9.59 Å². The van der Waals surface area contributed by atoms with Crippen LogP contribution in [0.4, 0.5) is 0 Å². The molecule has 0 amide bonds.